The lowest BCUT2D eigenvalue weighted by molar-refractivity contribution is -0.121. The van der Waals surface area contributed by atoms with Crippen molar-refractivity contribution in [2.75, 3.05) is 0 Å². The number of Topliss-reactive ketones (excluding diaryl/α,β-unsaturated/α-hetero) is 1. The molecule has 1 atom stereocenters. The minimum absolute atomic E-state index is 0.112. The van der Waals surface area contributed by atoms with Crippen molar-refractivity contribution in [1.29, 1.82) is 0 Å². The molecular weight excluding hydrogens is 152 g/mol. The van der Waals surface area contributed by atoms with Gasteiger partial charge in [-0.15, -0.1) is 0 Å². The van der Waals surface area contributed by atoms with Crippen molar-refractivity contribution in [2.24, 2.45) is 5.92 Å². The molecule has 12 heavy (non-hydrogen) atoms. The molecule has 0 saturated carbocycles. The third-order valence-corrected chi connectivity index (χ3v) is 1.63. The van der Waals surface area contributed by atoms with Crippen LogP contribution in [0.4, 0.5) is 0 Å². The lowest BCUT2D eigenvalue weighted by atomic mass is 10.0. The van der Waals surface area contributed by atoms with E-state index in [1.807, 2.05) is 13.8 Å². The van der Waals surface area contributed by atoms with Gasteiger partial charge in [0.25, 0.3) is 0 Å². The highest BCUT2D eigenvalue weighted by Crippen LogP contribution is 2.08. The van der Waals surface area contributed by atoms with Gasteiger partial charge in [-0.2, -0.15) is 0 Å². The van der Waals surface area contributed by atoms with Crippen LogP contribution < -0.4 is 0 Å². The van der Waals surface area contributed by atoms with Crippen LogP contribution in [0.2, 0.25) is 0 Å². The molecule has 0 saturated heterocycles. The highest BCUT2D eigenvalue weighted by atomic mass is 16.3. The molecule has 0 bridgehead atoms. The van der Waals surface area contributed by atoms with Gasteiger partial charge in [0.05, 0.1) is 6.10 Å². The number of hydrogen-bond acceptors (Lipinski definition) is 2. The predicted octanol–water partition coefficient (Wildman–Crippen LogP) is 1.93. The zero-order valence-electron chi connectivity index (χ0n) is 8.13. The summed E-state index contributed by atoms with van der Waals surface area (Å²) in [5, 5.41) is 9.29. The van der Waals surface area contributed by atoms with E-state index in [0.29, 0.717) is 17.9 Å². The molecule has 0 amide bonds. The first kappa shape index (κ1) is 11.4. The quantitative estimate of drug-likeness (QED) is 0.640. The third kappa shape index (κ3) is 5.08. The molecule has 70 valence electrons. The van der Waals surface area contributed by atoms with Gasteiger partial charge in [-0.3, -0.25) is 4.79 Å². The molecule has 0 fully saturated rings. The summed E-state index contributed by atoms with van der Waals surface area (Å²) in [6.45, 7) is 9.30. The van der Waals surface area contributed by atoms with Gasteiger partial charge in [-0.05, 0) is 12.8 Å². The van der Waals surface area contributed by atoms with Crippen LogP contribution in [0.15, 0.2) is 12.2 Å². The van der Waals surface area contributed by atoms with Crippen molar-refractivity contribution in [3.05, 3.63) is 12.2 Å². The van der Waals surface area contributed by atoms with E-state index >= 15 is 0 Å². The van der Waals surface area contributed by atoms with E-state index in [-0.39, 0.29) is 12.2 Å². The highest BCUT2D eigenvalue weighted by molar-refractivity contribution is 5.79. The summed E-state index contributed by atoms with van der Waals surface area (Å²) >= 11 is 0. The molecule has 0 aliphatic rings. The van der Waals surface area contributed by atoms with Gasteiger partial charge in [0.15, 0.2) is 0 Å². The van der Waals surface area contributed by atoms with Crippen LogP contribution in [0.25, 0.3) is 0 Å². The fraction of sp³-hybridized carbons (Fsp3) is 0.700. The van der Waals surface area contributed by atoms with Crippen molar-refractivity contribution in [3.63, 3.8) is 0 Å². The van der Waals surface area contributed by atoms with Crippen LogP contribution in [0.1, 0.15) is 33.6 Å². The second-order valence-electron chi connectivity index (χ2n) is 3.70. The lowest BCUT2D eigenvalue weighted by Gasteiger charge is -2.09. The maximum Gasteiger partial charge on any atom is 0.136 e. The summed E-state index contributed by atoms with van der Waals surface area (Å²) in [5.74, 6) is 0.482. The Morgan fingerprint density at radius 2 is 1.92 bits per heavy atom. The first-order valence-electron chi connectivity index (χ1n) is 4.28. The van der Waals surface area contributed by atoms with Crippen molar-refractivity contribution in [1.82, 2.24) is 0 Å². The first-order chi connectivity index (χ1) is 5.43. The van der Waals surface area contributed by atoms with E-state index in [4.69, 9.17) is 0 Å². The SMILES string of the molecule is C=C(C)[C@H](O)CC(=O)CC(C)C. The predicted molar refractivity (Wildman–Crippen MR) is 49.9 cm³/mol. The zero-order valence-corrected chi connectivity index (χ0v) is 8.13. The molecule has 0 aliphatic heterocycles. The smallest absolute Gasteiger partial charge is 0.136 e. The molecule has 1 N–H and O–H groups in total. The highest BCUT2D eigenvalue weighted by Gasteiger charge is 2.11. The van der Waals surface area contributed by atoms with Gasteiger partial charge in [-0.25, -0.2) is 0 Å². The van der Waals surface area contributed by atoms with Crippen molar-refractivity contribution < 1.29 is 9.90 Å². The Kier molecular flexibility index (Phi) is 4.83. The summed E-state index contributed by atoms with van der Waals surface area (Å²) in [7, 11) is 0. The van der Waals surface area contributed by atoms with E-state index in [9.17, 15) is 9.90 Å². The number of aliphatic hydroxyl groups excluding tert-OH is 1. The average molecular weight is 170 g/mol. The molecule has 0 unspecified atom stereocenters. The lowest BCUT2D eigenvalue weighted by Crippen LogP contribution is -2.15. The largest absolute Gasteiger partial charge is 0.388 e. The van der Waals surface area contributed by atoms with E-state index in [1.54, 1.807) is 6.92 Å². The monoisotopic (exact) mass is 170 g/mol. The van der Waals surface area contributed by atoms with Gasteiger partial charge in [0, 0.05) is 12.8 Å². The fourth-order valence-corrected chi connectivity index (χ4v) is 0.929. The average Bonchev–Trinajstić information content (AvgIpc) is 1.84. The molecule has 0 spiro atoms. The Bertz CT molecular complexity index is 171. The molecule has 0 rings (SSSR count). The summed E-state index contributed by atoms with van der Waals surface area (Å²) in [5.41, 5.74) is 0.659. The minimum atomic E-state index is -0.656. The Morgan fingerprint density at radius 3 is 2.25 bits per heavy atom. The Balaban J connectivity index is 3.77. The summed E-state index contributed by atoms with van der Waals surface area (Å²) in [4.78, 5) is 11.2. The third-order valence-electron chi connectivity index (χ3n) is 1.63. The standard InChI is InChI=1S/C10H18O2/c1-7(2)5-9(11)6-10(12)8(3)4/h7,10,12H,3,5-6H2,1-2,4H3/t10-/m1/s1. The van der Waals surface area contributed by atoms with Gasteiger partial charge in [0.2, 0.25) is 0 Å². The number of carbonyl (C=O) groups is 1. The van der Waals surface area contributed by atoms with E-state index < -0.39 is 6.10 Å². The van der Waals surface area contributed by atoms with Crippen LogP contribution >= 0.6 is 0 Å². The molecule has 2 nitrogen and oxygen atoms in total. The van der Waals surface area contributed by atoms with Gasteiger partial charge < -0.3 is 5.11 Å². The number of rotatable bonds is 5. The van der Waals surface area contributed by atoms with E-state index in [1.165, 1.54) is 0 Å². The zero-order chi connectivity index (χ0) is 9.72. The van der Waals surface area contributed by atoms with Crippen molar-refractivity contribution >= 4 is 5.78 Å². The Labute approximate surface area is 74.3 Å². The molecule has 0 heterocycles. The van der Waals surface area contributed by atoms with Crippen molar-refractivity contribution in [2.45, 2.75) is 39.7 Å². The number of ketones is 1. The topological polar surface area (TPSA) is 37.3 Å². The van der Waals surface area contributed by atoms with E-state index in [2.05, 4.69) is 6.58 Å². The van der Waals surface area contributed by atoms with Gasteiger partial charge in [-0.1, -0.05) is 26.0 Å². The van der Waals surface area contributed by atoms with Crippen LogP contribution in [-0.4, -0.2) is 17.0 Å². The molecule has 0 aromatic heterocycles. The second-order valence-corrected chi connectivity index (χ2v) is 3.70. The number of carbonyl (C=O) groups excluding carboxylic acids is 1. The number of hydrogen-bond donors (Lipinski definition) is 1. The van der Waals surface area contributed by atoms with Crippen LogP contribution in [0.5, 0.6) is 0 Å². The van der Waals surface area contributed by atoms with Gasteiger partial charge >= 0.3 is 0 Å². The summed E-state index contributed by atoms with van der Waals surface area (Å²) in [6.07, 6.45) is 0.106. The normalized spacial score (nSPS) is 13.1. The van der Waals surface area contributed by atoms with Crippen molar-refractivity contribution in [3.8, 4) is 0 Å². The molecule has 0 aromatic carbocycles. The number of aliphatic hydroxyl groups is 1. The minimum Gasteiger partial charge on any atom is -0.388 e. The van der Waals surface area contributed by atoms with Crippen LogP contribution in [0.3, 0.4) is 0 Å². The van der Waals surface area contributed by atoms with Gasteiger partial charge in [0.1, 0.15) is 5.78 Å². The first-order valence-corrected chi connectivity index (χ1v) is 4.28. The van der Waals surface area contributed by atoms with Crippen LogP contribution in [0, 0.1) is 5.92 Å². The Morgan fingerprint density at radius 1 is 1.42 bits per heavy atom. The maximum atomic E-state index is 11.2. The van der Waals surface area contributed by atoms with E-state index in [0.717, 1.165) is 0 Å². The summed E-state index contributed by atoms with van der Waals surface area (Å²) in [6, 6.07) is 0. The maximum absolute atomic E-state index is 11.2. The Hall–Kier alpha value is -0.630. The molecule has 0 radical (unpaired) electrons. The fourth-order valence-electron chi connectivity index (χ4n) is 0.929. The molecule has 0 aromatic rings. The summed E-state index contributed by atoms with van der Waals surface area (Å²) < 4.78 is 0. The van der Waals surface area contributed by atoms with Crippen LogP contribution in [-0.2, 0) is 4.79 Å². The molecular formula is C10H18O2. The second kappa shape index (κ2) is 5.09. The molecule has 0 aliphatic carbocycles. The molecule has 2 heteroatoms.